The molecule has 0 spiro atoms. The van der Waals surface area contributed by atoms with Gasteiger partial charge in [-0.1, -0.05) is 45.2 Å². The third-order valence-corrected chi connectivity index (χ3v) is 6.20. The van der Waals surface area contributed by atoms with Crippen LogP contribution in [0.15, 0.2) is 29.3 Å². The zero-order valence-electron chi connectivity index (χ0n) is 20.4. The molecule has 1 saturated carbocycles. The fourth-order valence-electron chi connectivity index (χ4n) is 4.57. The number of benzene rings is 1. The van der Waals surface area contributed by atoms with Crippen LogP contribution in [0.5, 0.6) is 0 Å². The van der Waals surface area contributed by atoms with Crippen molar-refractivity contribution >= 4 is 41.5 Å². The second-order valence-electron chi connectivity index (χ2n) is 9.48. The second kappa shape index (κ2) is 14.8. The van der Waals surface area contributed by atoms with Gasteiger partial charge in [0, 0.05) is 51.4 Å². The van der Waals surface area contributed by atoms with Gasteiger partial charge in [-0.15, -0.1) is 24.0 Å². The minimum absolute atomic E-state index is 0. The summed E-state index contributed by atoms with van der Waals surface area (Å²) in [5.74, 6) is 1.74. The van der Waals surface area contributed by atoms with E-state index in [2.05, 4.69) is 45.8 Å². The monoisotopic (exact) mass is 571 g/mol. The Balaban J connectivity index is 0.00000385. The highest BCUT2D eigenvalue weighted by Crippen LogP contribution is 2.25. The first-order valence-corrected chi connectivity index (χ1v) is 12.2. The van der Waals surface area contributed by atoms with Crippen LogP contribution in [-0.4, -0.2) is 62.7 Å². The van der Waals surface area contributed by atoms with E-state index in [0.717, 1.165) is 75.7 Å². The van der Waals surface area contributed by atoms with Crippen LogP contribution < -0.4 is 16.0 Å². The molecule has 2 fully saturated rings. The van der Waals surface area contributed by atoms with E-state index in [9.17, 15) is 4.79 Å². The minimum Gasteiger partial charge on any atom is -0.374 e. The molecular formula is C25H42IN5O2. The van der Waals surface area contributed by atoms with E-state index in [4.69, 9.17) is 4.74 Å². The molecule has 1 aliphatic carbocycles. The van der Waals surface area contributed by atoms with Crippen molar-refractivity contribution in [3.8, 4) is 0 Å². The maximum Gasteiger partial charge on any atom is 0.227 e. The molecule has 1 amide bonds. The lowest BCUT2D eigenvalue weighted by atomic mass is 9.88. The molecule has 0 radical (unpaired) electrons. The summed E-state index contributed by atoms with van der Waals surface area (Å²) in [5.41, 5.74) is 1.97. The van der Waals surface area contributed by atoms with Crippen LogP contribution in [0.3, 0.4) is 0 Å². The van der Waals surface area contributed by atoms with Crippen LogP contribution in [0.2, 0.25) is 0 Å². The molecule has 3 N–H and O–H groups in total. The average Bonchev–Trinajstić information content (AvgIpc) is 2.80. The highest BCUT2D eigenvalue weighted by atomic mass is 127. The van der Waals surface area contributed by atoms with Gasteiger partial charge in [0.25, 0.3) is 0 Å². The van der Waals surface area contributed by atoms with E-state index < -0.39 is 0 Å². The molecule has 1 aromatic carbocycles. The van der Waals surface area contributed by atoms with Crippen molar-refractivity contribution in [3.05, 3.63) is 29.8 Å². The van der Waals surface area contributed by atoms with Gasteiger partial charge < -0.3 is 20.7 Å². The molecular weight excluding hydrogens is 529 g/mol. The lowest BCUT2D eigenvalue weighted by Gasteiger charge is -2.34. The van der Waals surface area contributed by atoms with E-state index in [1.54, 1.807) is 7.05 Å². The summed E-state index contributed by atoms with van der Waals surface area (Å²) in [6, 6.07) is 8.04. The molecule has 3 rings (SSSR count). The summed E-state index contributed by atoms with van der Waals surface area (Å²) in [7, 11) is 1.78. The summed E-state index contributed by atoms with van der Waals surface area (Å²) < 4.78 is 5.92. The zero-order valence-corrected chi connectivity index (χ0v) is 22.8. The molecule has 0 bridgehead atoms. The zero-order chi connectivity index (χ0) is 22.8. The number of hydrogen-bond acceptors (Lipinski definition) is 4. The lowest BCUT2D eigenvalue weighted by Crippen LogP contribution is -2.50. The van der Waals surface area contributed by atoms with Gasteiger partial charge in [-0.3, -0.25) is 14.7 Å². The van der Waals surface area contributed by atoms with Gasteiger partial charge in [0.05, 0.1) is 12.7 Å². The van der Waals surface area contributed by atoms with Crippen molar-refractivity contribution in [2.24, 2.45) is 16.8 Å². The number of hydrogen-bond donors (Lipinski definition) is 3. The number of guanidine groups is 1. The molecule has 1 aliphatic heterocycles. The number of morpholine rings is 1. The van der Waals surface area contributed by atoms with Crippen molar-refractivity contribution in [3.63, 3.8) is 0 Å². The number of aliphatic imine (C=N–C) groups is 1. The molecule has 8 heteroatoms. The summed E-state index contributed by atoms with van der Waals surface area (Å²) in [6.07, 6.45) is 5.76. The standard InChI is InChI=1S/C25H41N5O2.HI/c1-19(2)17-30-12-13-32-23(18-30)16-28-25(26-3)27-15-20-8-7-11-22(14-20)29-24(31)21-9-5-4-6-10-21;/h7-8,11,14,19,21,23H,4-6,9-10,12-13,15-18H2,1-3H3,(H,29,31)(H2,26,27,28);1H. The van der Waals surface area contributed by atoms with Crippen LogP contribution in [0.1, 0.15) is 51.5 Å². The fourth-order valence-corrected chi connectivity index (χ4v) is 4.57. The van der Waals surface area contributed by atoms with E-state index in [1.165, 1.54) is 6.42 Å². The molecule has 1 heterocycles. The highest BCUT2D eigenvalue weighted by Gasteiger charge is 2.22. The van der Waals surface area contributed by atoms with Gasteiger partial charge in [0.2, 0.25) is 5.91 Å². The van der Waals surface area contributed by atoms with Gasteiger partial charge in [0.1, 0.15) is 0 Å². The first-order chi connectivity index (χ1) is 15.5. The quantitative estimate of drug-likeness (QED) is 0.251. The summed E-state index contributed by atoms with van der Waals surface area (Å²) in [5, 5.41) is 9.87. The van der Waals surface area contributed by atoms with Crippen LogP contribution in [0.25, 0.3) is 0 Å². The van der Waals surface area contributed by atoms with Gasteiger partial charge in [-0.2, -0.15) is 0 Å². The van der Waals surface area contributed by atoms with E-state index >= 15 is 0 Å². The highest BCUT2D eigenvalue weighted by molar-refractivity contribution is 14.0. The Labute approximate surface area is 216 Å². The van der Waals surface area contributed by atoms with Crippen molar-refractivity contribution in [2.45, 2.75) is 58.6 Å². The number of nitrogens with zero attached hydrogens (tertiary/aromatic N) is 2. The molecule has 1 saturated heterocycles. The number of rotatable bonds is 8. The Bertz CT molecular complexity index is 752. The Kier molecular flexibility index (Phi) is 12.5. The predicted molar refractivity (Wildman–Crippen MR) is 146 cm³/mol. The second-order valence-corrected chi connectivity index (χ2v) is 9.48. The van der Waals surface area contributed by atoms with Gasteiger partial charge >= 0.3 is 0 Å². The Morgan fingerprint density at radius 2 is 2.00 bits per heavy atom. The maximum atomic E-state index is 12.5. The number of carbonyl (C=O) groups excluding carboxylic acids is 1. The van der Waals surface area contributed by atoms with Crippen LogP contribution >= 0.6 is 24.0 Å². The number of anilines is 1. The maximum absolute atomic E-state index is 12.5. The molecule has 1 unspecified atom stereocenters. The average molecular weight is 572 g/mol. The number of amides is 1. The molecule has 33 heavy (non-hydrogen) atoms. The third kappa shape index (κ3) is 9.78. The summed E-state index contributed by atoms with van der Waals surface area (Å²) in [6.45, 7) is 9.73. The summed E-state index contributed by atoms with van der Waals surface area (Å²) in [4.78, 5) is 19.4. The first kappa shape index (κ1) is 27.9. The largest absolute Gasteiger partial charge is 0.374 e. The van der Waals surface area contributed by atoms with Gasteiger partial charge in [-0.25, -0.2) is 0 Å². The topological polar surface area (TPSA) is 78.0 Å². The van der Waals surface area contributed by atoms with Crippen molar-refractivity contribution in [2.75, 3.05) is 45.2 Å². The molecule has 0 aromatic heterocycles. The molecule has 1 aromatic rings. The fraction of sp³-hybridized carbons (Fsp3) is 0.680. The molecule has 1 atom stereocenters. The van der Waals surface area contributed by atoms with E-state index in [1.807, 2.05) is 18.2 Å². The van der Waals surface area contributed by atoms with Gasteiger partial charge in [-0.05, 0) is 36.5 Å². The molecule has 7 nitrogen and oxygen atoms in total. The number of nitrogens with one attached hydrogen (secondary N) is 3. The third-order valence-electron chi connectivity index (χ3n) is 6.20. The normalized spacial score (nSPS) is 20.2. The van der Waals surface area contributed by atoms with Crippen LogP contribution in [-0.2, 0) is 16.1 Å². The Morgan fingerprint density at radius 1 is 1.21 bits per heavy atom. The predicted octanol–water partition coefficient (Wildman–Crippen LogP) is 3.85. The van der Waals surface area contributed by atoms with Crippen LogP contribution in [0, 0.1) is 11.8 Å². The first-order valence-electron chi connectivity index (χ1n) is 12.2. The lowest BCUT2D eigenvalue weighted by molar-refractivity contribution is -0.120. The van der Waals surface area contributed by atoms with E-state index in [0.29, 0.717) is 12.5 Å². The molecule has 186 valence electrons. The van der Waals surface area contributed by atoms with Crippen LogP contribution in [0.4, 0.5) is 5.69 Å². The number of ether oxygens (including phenoxy) is 1. The Hall–Kier alpha value is -1.39. The van der Waals surface area contributed by atoms with Crippen molar-refractivity contribution < 1.29 is 9.53 Å². The summed E-state index contributed by atoms with van der Waals surface area (Å²) >= 11 is 0. The smallest absolute Gasteiger partial charge is 0.227 e. The molecule has 2 aliphatic rings. The van der Waals surface area contributed by atoms with Gasteiger partial charge in [0.15, 0.2) is 5.96 Å². The van der Waals surface area contributed by atoms with Crippen molar-refractivity contribution in [1.82, 2.24) is 15.5 Å². The Morgan fingerprint density at radius 3 is 2.73 bits per heavy atom. The number of halogens is 1. The number of carbonyl (C=O) groups is 1. The SMILES string of the molecule is CN=C(NCc1cccc(NC(=O)C2CCCCC2)c1)NCC1CN(CC(C)C)CCO1.I. The van der Waals surface area contributed by atoms with E-state index in [-0.39, 0.29) is 41.9 Å². The minimum atomic E-state index is 0. The van der Waals surface area contributed by atoms with Crippen molar-refractivity contribution in [1.29, 1.82) is 0 Å².